The molecule has 0 amide bonds. The molecule has 1 aliphatic rings. The fourth-order valence-corrected chi connectivity index (χ4v) is 2.27. The van der Waals surface area contributed by atoms with Gasteiger partial charge in [-0.2, -0.15) is 0 Å². The second-order valence-electron chi connectivity index (χ2n) is 5.76. The maximum atomic E-state index is 10.2. The number of aliphatic hydroxyl groups excluding tert-OH is 1. The van der Waals surface area contributed by atoms with Gasteiger partial charge in [0.25, 0.3) is 0 Å². The minimum atomic E-state index is -0.373. The van der Waals surface area contributed by atoms with Crippen molar-refractivity contribution in [1.29, 1.82) is 0 Å². The normalized spacial score (nSPS) is 20.5. The van der Waals surface area contributed by atoms with Gasteiger partial charge in [0.05, 0.1) is 12.7 Å². The molecule has 1 heterocycles. The molecule has 17 heavy (non-hydrogen) atoms. The summed E-state index contributed by atoms with van der Waals surface area (Å²) in [5, 5.41) is 10.2. The van der Waals surface area contributed by atoms with E-state index in [-0.39, 0.29) is 11.5 Å². The van der Waals surface area contributed by atoms with Gasteiger partial charge in [-0.1, -0.05) is 40.2 Å². The van der Waals surface area contributed by atoms with Gasteiger partial charge in [-0.3, -0.25) is 0 Å². The quantitative estimate of drug-likeness (QED) is 0.868. The Bertz CT molecular complexity index is 409. The minimum Gasteiger partial charge on any atom is -0.492 e. The van der Waals surface area contributed by atoms with Gasteiger partial charge in [-0.25, -0.2) is 0 Å². The summed E-state index contributed by atoms with van der Waals surface area (Å²) >= 11 is 0. The van der Waals surface area contributed by atoms with Crippen LogP contribution in [0, 0.1) is 5.92 Å². The highest BCUT2D eigenvalue weighted by molar-refractivity contribution is 5.45. The second-order valence-corrected chi connectivity index (χ2v) is 5.76. The van der Waals surface area contributed by atoms with Crippen LogP contribution in [0.15, 0.2) is 18.2 Å². The molecule has 0 saturated heterocycles. The molecule has 1 aromatic carbocycles. The predicted octanol–water partition coefficient (Wildman–Crippen LogP) is 3.44. The molecule has 0 radical (unpaired) electrons. The highest BCUT2D eigenvalue weighted by atomic mass is 16.5. The fourth-order valence-electron chi connectivity index (χ4n) is 2.27. The molecule has 0 fully saturated rings. The third kappa shape index (κ3) is 2.19. The highest BCUT2D eigenvalue weighted by Gasteiger charge is 2.32. The Labute approximate surface area is 104 Å². The SMILES string of the molecule is CCC(C)C(O)c1ccc2c(c1)C(C)(C)CO2. The molecular formula is C15H22O2. The van der Waals surface area contributed by atoms with E-state index < -0.39 is 0 Å². The summed E-state index contributed by atoms with van der Waals surface area (Å²) in [6.45, 7) is 9.27. The van der Waals surface area contributed by atoms with Crippen molar-refractivity contribution in [2.24, 2.45) is 5.92 Å². The first-order valence-electron chi connectivity index (χ1n) is 6.41. The molecular weight excluding hydrogens is 212 g/mol. The van der Waals surface area contributed by atoms with Crippen molar-refractivity contribution in [2.75, 3.05) is 6.61 Å². The summed E-state index contributed by atoms with van der Waals surface area (Å²) in [5.41, 5.74) is 2.29. The lowest BCUT2D eigenvalue weighted by Crippen LogP contribution is -2.18. The van der Waals surface area contributed by atoms with Crippen LogP contribution in [0.4, 0.5) is 0 Å². The lowest BCUT2D eigenvalue weighted by atomic mass is 9.84. The van der Waals surface area contributed by atoms with Crippen LogP contribution in [-0.4, -0.2) is 11.7 Å². The zero-order chi connectivity index (χ0) is 12.6. The molecule has 2 unspecified atom stereocenters. The van der Waals surface area contributed by atoms with E-state index in [2.05, 4.69) is 33.8 Å². The van der Waals surface area contributed by atoms with Crippen LogP contribution in [0.3, 0.4) is 0 Å². The maximum absolute atomic E-state index is 10.2. The smallest absolute Gasteiger partial charge is 0.123 e. The first-order chi connectivity index (χ1) is 7.95. The van der Waals surface area contributed by atoms with Crippen molar-refractivity contribution in [2.45, 2.75) is 45.6 Å². The Balaban J connectivity index is 2.34. The number of aliphatic hydroxyl groups is 1. The van der Waals surface area contributed by atoms with Crippen LogP contribution >= 0.6 is 0 Å². The third-order valence-corrected chi connectivity index (χ3v) is 3.85. The minimum absolute atomic E-state index is 0.0561. The summed E-state index contributed by atoms with van der Waals surface area (Å²) in [4.78, 5) is 0. The summed E-state index contributed by atoms with van der Waals surface area (Å²) in [7, 11) is 0. The summed E-state index contributed by atoms with van der Waals surface area (Å²) in [5.74, 6) is 1.26. The van der Waals surface area contributed by atoms with E-state index in [1.165, 1.54) is 5.56 Å². The third-order valence-electron chi connectivity index (χ3n) is 3.85. The molecule has 0 aromatic heterocycles. The van der Waals surface area contributed by atoms with Gasteiger partial charge in [0.15, 0.2) is 0 Å². The maximum Gasteiger partial charge on any atom is 0.123 e. The Morgan fingerprint density at radius 2 is 2.12 bits per heavy atom. The molecule has 0 bridgehead atoms. The molecule has 1 N–H and O–H groups in total. The van der Waals surface area contributed by atoms with E-state index in [1.54, 1.807) is 0 Å². The lowest BCUT2D eigenvalue weighted by molar-refractivity contribution is 0.115. The highest BCUT2D eigenvalue weighted by Crippen LogP contribution is 2.40. The molecule has 2 nitrogen and oxygen atoms in total. The first-order valence-corrected chi connectivity index (χ1v) is 6.41. The largest absolute Gasteiger partial charge is 0.492 e. The van der Waals surface area contributed by atoms with E-state index in [4.69, 9.17) is 4.74 Å². The lowest BCUT2D eigenvalue weighted by Gasteiger charge is -2.20. The standard InChI is InChI=1S/C15H22O2/c1-5-10(2)14(16)11-6-7-13-12(8-11)15(3,4)9-17-13/h6-8,10,14,16H,5,9H2,1-4H3. The van der Waals surface area contributed by atoms with Crippen LogP contribution in [-0.2, 0) is 5.41 Å². The van der Waals surface area contributed by atoms with Gasteiger partial charge in [0, 0.05) is 11.0 Å². The second kappa shape index (κ2) is 4.34. The van der Waals surface area contributed by atoms with Gasteiger partial charge >= 0.3 is 0 Å². The van der Waals surface area contributed by atoms with Gasteiger partial charge < -0.3 is 9.84 Å². The monoisotopic (exact) mass is 234 g/mol. The molecule has 1 aliphatic heterocycles. The van der Waals surface area contributed by atoms with E-state index in [0.29, 0.717) is 5.92 Å². The average molecular weight is 234 g/mol. The molecule has 0 saturated carbocycles. The number of benzene rings is 1. The first kappa shape index (κ1) is 12.4. The number of rotatable bonds is 3. The predicted molar refractivity (Wildman–Crippen MR) is 69.4 cm³/mol. The topological polar surface area (TPSA) is 29.5 Å². The van der Waals surface area contributed by atoms with E-state index >= 15 is 0 Å². The zero-order valence-corrected chi connectivity index (χ0v) is 11.2. The van der Waals surface area contributed by atoms with Crippen LogP contribution in [0.25, 0.3) is 0 Å². The summed E-state index contributed by atoms with van der Waals surface area (Å²) in [6, 6.07) is 6.08. The number of fused-ring (bicyclic) bond motifs is 1. The van der Waals surface area contributed by atoms with Gasteiger partial charge in [-0.15, -0.1) is 0 Å². The Hall–Kier alpha value is -1.02. The number of ether oxygens (including phenoxy) is 1. The van der Waals surface area contributed by atoms with Crippen molar-refractivity contribution in [1.82, 2.24) is 0 Å². The van der Waals surface area contributed by atoms with Gasteiger partial charge in [0.2, 0.25) is 0 Å². The molecule has 1 aromatic rings. The Morgan fingerprint density at radius 3 is 2.76 bits per heavy atom. The van der Waals surface area contributed by atoms with Crippen molar-refractivity contribution < 1.29 is 9.84 Å². The Morgan fingerprint density at radius 1 is 1.41 bits per heavy atom. The van der Waals surface area contributed by atoms with Gasteiger partial charge in [0.1, 0.15) is 5.75 Å². The van der Waals surface area contributed by atoms with Crippen molar-refractivity contribution in [3.63, 3.8) is 0 Å². The molecule has 0 spiro atoms. The van der Waals surface area contributed by atoms with Crippen LogP contribution in [0.1, 0.15) is 51.3 Å². The van der Waals surface area contributed by atoms with E-state index in [9.17, 15) is 5.11 Å². The molecule has 2 heteroatoms. The van der Waals surface area contributed by atoms with Crippen molar-refractivity contribution >= 4 is 0 Å². The average Bonchev–Trinajstić information content (AvgIpc) is 2.63. The summed E-state index contributed by atoms with van der Waals surface area (Å²) in [6.07, 6.45) is 0.611. The number of hydrogen-bond donors (Lipinski definition) is 1. The van der Waals surface area contributed by atoms with E-state index in [0.717, 1.165) is 24.3 Å². The van der Waals surface area contributed by atoms with Gasteiger partial charge in [-0.05, 0) is 23.6 Å². The molecule has 2 rings (SSSR count). The Kier molecular flexibility index (Phi) is 3.17. The van der Waals surface area contributed by atoms with Crippen LogP contribution in [0.5, 0.6) is 5.75 Å². The zero-order valence-electron chi connectivity index (χ0n) is 11.2. The van der Waals surface area contributed by atoms with Crippen molar-refractivity contribution in [3.05, 3.63) is 29.3 Å². The van der Waals surface area contributed by atoms with Crippen LogP contribution < -0.4 is 4.74 Å². The van der Waals surface area contributed by atoms with Crippen molar-refractivity contribution in [3.8, 4) is 5.75 Å². The number of hydrogen-bond acceptors (Lipinski definition) is 2. The van der Waals surface area contributed by atoms with Crippen LogP contribution in [0.2, 0.25) is 0 Å². The molecule has 0 aliphatic carbocycles. The molecule has 94 valence electrons. The van der Waals surface area contributed by atoms with E-state index in [1.807, 2.05) is 12.1 Å². The summed E-state index contributed by atoms with van der Waals surface area (Å²) < 4.78 is 5.65. The molecule has 2 atom stereocenters. The fraction of sp³-hybridized carbons (Fsp3) is 0.600.